The minimum Gasteiger partial charge on any atom is -0.497 e. The second-order valence-electron chi connectivity index (χ2n) is 5.12. The van der Waals surface area contributed by atoms with Crippen LogP contribution in [0.1, 0.15) is 5.89 Å². The number of methoxy groups -OCH3 is 1. The van der Waals surface area contributed by atoms with Gasteiger partial charge < -0.3 is 14.6 Å². The van der Waals surface area contributed by atoms with Crippen LogP contribution in [-0.2, 0) is 11.3 Å². The zero-order valence-electron chi connectivity index (χ0n) is 13.6. The molecule has 0 spiro atoms. The van der Waals surface area contributed by atoms with E-state index in [-0.39, 0.29) is 12.5 Å². The normalized spacial score (nSPS) is 10.4. The lowest BCUT2D eigenvalue weighted by Crippen LogP contribution is -2.24. The predicted octanol–water partition coefficient (Wildman–Crippen LogP) is 3.15. The van der Waals surface area contributed by atoms with Gasteiger partial charge in [0.05, 0.1) is 19.4 Å². The zero-order valence-corrected chi connectivity index (χ0v) is 14.5. The van der Waals surface area contributed by atoms with Crippen LogP contribution in [0, 0.1) is 0 Å². The Hall–Kier alpha value is -2.80. The number of benzene rings is 2. The van der Waals surface area contributed by atoms with Crippen LogP contribution in [0.2, 0.25) is 0 Å². The van der Waals surface area contributed by atoms with Crippen molar-refractivity contribution in [1.29, 1.82) is 0 Å². The fraction of sp³-hybridized carbons (Fsp3) is 0.167. The molecule has 0 saturated carbocycles. The van der Waals surface area contributed by atoms with Crippen LogP contribution in [0.4, 0.5) is 0 Å². The maximum absolute atomic E-state index is 11.9. The lowest BCUT2D eigenvalue weighted by molar-refractivity contribution is -0.118. The number of nitrogens with one attached hydrogen (secondary N) is 1. The molecule has 2 aromatic carbocycles. The molecule has 0 unspecified atom stereocenters. The summed E-state index contributed by atoms with van der Waals surface area (Å²) >= 11 is 1.48. The van der Waals surface area contributed by atoms with Gasteiger partial charge >= 0.3 is 0 Å². The molecule has 0 aliphatic carbocycles. The highest BCUT2D eigenvalue weighted by Gasteiger charge is 2.10. The number of amides is 1. The third-order valence-electron chi connectivity index (χ3n) is 3.35. The summed E-state index contributed by atoms with van der Waals surface area (Å²) in [6.45, 7) is 0.200. The van der Waals surface area contributed by atoms with Gasteiger partial charge in [0.25, 0.3) is 0 Å². The van der Waals surface area contributed by atoms with Crippen molar-refractivity contribution >= 4 is 17.7 Å². The van der Waals surface area contributed by atoms with Crippen molar-refractivity contribution in [1.82, 2.24) is 15.5 Å². The maximum atomic E-state index is 11.9. The van der Waals surface area contributed by atoms with Crippen LogP contribution in [0.5, 0.6) is 5.75 Å². The minimum absolute atomic E-state index is 0.0880. The highest BCUT2D eigenvalue weighted by atomic mass is 32.2. The molecule has 6 nitrogen and oxygen atoms in total. The summed E-state index contributed by atoms with van der Waals surface area (Å²) in [5.74, 6) is 1.78. The summed E-state index contributed by atoms with van der Waals surface area (Å²) in [5, 5.41) is 6.71. The zero-order chi connectivity index (χ0) is 17.5. The average molecular weight is 355 g/mol. The highest BCUT2D eigenvalue weighted by molar-refractivity contribution is 8.00. The van der Waals surface area contributed by atoms with Gasteiger partial charge in [0.2, 0.25) is 17.6 Å². The van der Waals surface area contributed by atoms with Gasteiger partial charge in [-0.3, -0.25) is 4.79 Å². The van der Waals surface area contributed by atoms with E-state index in [0.29, 0.717) is 17.5 Å². The molecule has 3 rings (SSSR count). The molecule has 0 aliphatic heterocycles. The first-order chi connectivity index (χ1) is 12.2. The molecule has 1 N–H and O–H groups in total. The Bertz CT molecular complexity index is 836. The van der Waals surface area contributed by atoms with E-state index < -0.39 is 0 Å². The molecule has 1 heterocycles. The molecular formula is C18H17N3O3S. The molecule has 128 valence electrons. The largest absolute Gasteiger partial charge is 0.497 e. The number of carbonyl (C=O) groups is 1. The van der Waals surface area contributed by atoms with Crippen molar-refractivity contribution in [2.45, 2.75) is 11.4 Å². The molecule has 7 heteroatoms. The van der Waals surface area contributed by atoms with E-state index in [2.05, 4.69) is 15.5 Å². The van der Waals surface area contributed by atoms with Crippen LogP contribution in [0.25, 0.3) is 11.4 Å². The molecule has 25 heavy (non-hydrogen) atoms. The van der Waals surface area contributed by atoms with E-state index in [1.807, 2.05) is 54.6 Å². The van der Waals surface area contributed by atoms with Gasteiger partial charge in [-0.1, -0.05) is 35.5 Å². The van der Waals surface area contributed by atoms with E-state index in [9.17, 15) is 4.79 Å². The van der Waals surface area contributed by atoms with Crippen LogP contribution in [0.3, 0.4) is 0 Å². The van der Waals surface area contributed by atoms with Crippen LogP contribution in [-0.4, -0.2) is 28.9 Å². The van der Waals surface area contributed by atoms with Gasteiger partial charge in [-0.05, 0) is 24.3 Å². The summed E-state index contributed by atoms with van der Waals surface area (Å²) in [7, 11) is 1.60. The number of hydrogen-bond acceptors (Lipinski definition) is 6. The lowest BCUT2D eigenvalue weighted by atomic mass is 10.2. The van der Waals surface area contributed by atoms with Crippen molar-refractivity contribution < 1.29 is 14.1 Å². The van der Waals surface area contributed by atoms with E-state index in [1.165, 1.54) is 11.8 Å². The maximum Gasteiger partial charge on any atom is 0.246 e. The van der Waals surface area contributed by atoms with Crippen LogP contribution < -0.4 is 10.1 Å². The predicted molar refractivity (Wildman–Crippen MR) is 95.3 cm³/mol. The Balaban J connectivity index is 1.52. The molecule has 0 bridgehead atoms. The monoisotopic (exact) mass is 355 g/mol. The van der Waals surface area contributed by atoms with Crippen molar-refractivity contribution in [3.63, 3.8) is 0 Å². The summed E-state index contributed by atoms with van der Waals surface area (Å²) in [6, 6.07) is 17.2. The SMILES string of the molecule is COc1cccc(-c2noc(CNC(=O)CSc3ccccc3)n2)c1. The van der Waals surface area contributed by atoms with Gasteiger partial charge in [0.1, 0.15) is 5.75 Å². The molecule has 0 aliphatic rings. The number of hydrogen-bond donors (Lipinski definition) is 1. The first-order valence-corrected chi connectivity index (χ1v) is 8.65. The van der Waals surface area contributed by atoms with E-state index in [0.717, 1.165) is 16.2 Å². The summed E-state index contributed by atoms with van der Waals surface area (Å²) < 4.78 is 10.4. The average Bonchev–Trinajstić information content (AvgIpc) is 3.15. The van der Waals surface area contributed by atoms with Crippen LogP contribution in [0.15, 0.2) is 64.0 Å². The summed E-state index contributed by atoms with van der Waals surface area (Å²) in [5.41, 5.74) is 0.792. The Morgan fingerprint density at radius 1 is 1.20 bits per heavy atom. The molecule has 0 fully saturated rings. The summed E-state index contributed by atoms with van der Waals surface area (Å²) in [4.78, 5) is 17.3. The summed E-state index contributed by atoms with van der Waals surface area (Å²) in [6.07, 6.45) is 0. The fourth-order valence-electron chi connectivity index (χ4n) is 2.10. The minimum atomic E-state index is -0.0880. The molecule has 3 aromatic rings. The molecule has 1 aromatic heterocycles. The molecular weight excluding hydrogens is 338 g/mol. The second-order valence-corrected chi connectivity index (χ2v) is 6.17. The van der Waals surface area contributed by atoms with Crippen molar-refractivity contribution in [3.05, 3.63) is 60.5 Å². The molecule has 1 amide bonds. The number of rotatable bonds is 7. The lowest BCUT2D eigenvalue weighted by Gasteiger charge is -2.02. The van der Waals surface area contributed by atoms with Gasteiger partial charge in [0.15, 0.2) is 0 Å². The highest BCUT2D eigenvalue weighted by Crippen LogP contribution is 2.21. The van der Waals surface area contributed by atoms with Crippen molar-refractivity contribution in [2.75, 3.05) is 12.9 Å². The van der Waals surface area contributed by atoms with E-state index in [4.69, 9.17) is 9.26 Å². The Morgan fingerprint density at radius 2 is 2.04 bits per heavy atom. The third kappa shape index (κ3) is 4.84. The standard InChI is InChI=1S/C18H17N3O3S/c1-23-14-7-5-6-13(10-14)18-20-17(24-21-18)11-19-16(22)12-25-15-8-3-2-4-9-15/h2-10H,11-12H2,1H3,(H,19,22). The number of nitrogens with zero attached hydrogens (tertiary/aromatic N) is 2. The molecule has 0 radical (unpaired) electrons. The van der Waals surface area contributed by atoms with Gasteiger partial charge in [0, 0.05) is 10.5 Å². The van der Waals surface area contributed by atoms with Crippen molar-refractivity contribution in [3.8, 4) is 17.1 Å². The second kappa shape index (κ2) is 8.34. The topological polar surface area (TPSA) is 77.3 Å². The van der Waals surface area contributed by atoms with E-state index >= 15 is 0 Å². The van der Waals surface area contributed by atoms with Gasteiger partial charge in [-0.2, -0.15) is 4.98 Å². The number of thioether (sulfide) groups is 1. The van der Waals surface area contributed by atoms with Gasteiger partial charge in [-0.25, -0.2) is 0 Å². The smallest absolute Gasteiger partial charge is 0.246 e. The number of aromatic nitrogens is 2. The number of carbonyl (C=O) groups excluding carboxylic acids is 1. The number of ether oxygens (including phenoxy) is 1. The van der Waals surface area contributed by atoms with E-state index in [1.54, 1.807) is 7.11 Å². The quantitative estimate of drug-likeness (QED) is 0.656. The molecule has 0 atom stereocenters. The Labute approximate surface area is 149 Å². The Kier molecular flexibility index (Phi) is 5.69. The van der Waals surface area contributed by atoms with Gasteiger partial charge in [-0.15, -0.1) is 11.8 Å². The van der Waals surface area contributed by atoms with Crippen LogP contribution >= 0.6 is 11.8 Å². The third-order valence-corrected chi connectivity index (χ3v) is 4.36. The molecule has 0 saturated heterocycles. The first kappa shape index (κ1) is 17.0. The first-order valence-electron chi connectivity index (χ1n) is 7.66. The fourth-order valence-corrected chi connectivity index (χ4v) is 2.85. The van der Waals surface area contributed by atoms with Crippen molar-refractivity contribution in [2.24, 2.45) is 0 Å². The Morgan fingerprint density at radius 3 is 2.84 bits per heavy atom.